The number of carbonyl (C=O) groups is 2. The molecule has 0 amide bonds. The van der Waals surface area contributed by atoms with E-state index in [1.807, 2.05) is 0 Å². The molecule has 4 heteroatoms. The van der Waals surface area contributed by atoms with Crippen LogP contribution >= 0.6 is 0 Å². The molecule has 0 aliphatic rings. The van der Waals surface area contributed by atoms with Crippen LogP contribution in [0.3, 0.4) is 0 Å². The number of carbonyl (C=O) groups excluding carboxylic acids is 2. The predicted molar refractivity (Wildman–Crippen MR) is 56.4 cm³/mol. The Morgan fingerprint density at radius 3 is 2.27 bits per heavy atom. The lowest BCUT2D eigenvalue weighted by Gasteiger charge is -2.04. The molecule has 0 radical (unpaired) electrons. The lowest BCUT2D eigenvalue weighted by Crippen LogP contribution is -2.12. The van der Waals surface area contributed by atoms with Gasteiger partial charge in [0.15, 0.2) is 0 Å². The SMILES string of the molecule is CCCCCCC(=O)OCCOC(C)=O. The summed E-state index contributed by atoms with van der Waals surface area (Å²) in [5, 5.41) is 0. The molecule has 0 aromatic heterocycles. The molecule has 15 heavy (non-hydrogen) atoms. The second-order valence-corrected chi connectivity index (χ2v) is 3.37. The first kappa shape index (κ1) is 13.9. The van der Waals surface area contributed by atoms with E-state index in [9.17, 15) is 9.59 Å². The van der Waals surface area contributed by atoms with Gasteiger partial charge in [0, 0.05) is 13.3 Å². The number of esters is 2. The van der Waals surface area contributed by atoms with Crippen LogP contribution in [-0.4, -0.2) is 25.2 Å². The van der Waals surface area contributed by atoms with Gasteiger partial charge in [-0.1, -0.05) is 26.2 Å². The van der Waals surface area contributed by atoms with Crippen molar-refractivity contribution in [3.63, 3.8) is 0 Å². The highest BCUT2D eigenvalue weighted by atomic mass is 16.6. The molecule has 4 nitrogen and oxygen atoms in total. The number of hydrogen-bond donors (Lipinski definition) is 0. The average molecular weight is 216 g/mol. The Kier molecular flexibility index (Phi) is 8.82. The zero-order chi connectivity index (χ0) is 11.5. The van der Waals surface area contributed by atoms with Crippen LogP contribution in [0, 0.1) is 0 Å². The molecule has 0 fully saturated rings. The molecule has 0 heterocycles. The quantitative estimate of drug-likeness (QED) is 0.460. The summed E-state index contributed by atoms with van der Waals surface area (Å²) >= 11 is 0. The minimum absolute atomic E-state index is 0.149. The Hall–Kier alpha value is -1.06. The molecular weight excluding hydrogens is 196 g/mol. The molecule has 88 valence electrons. The van der Waals surface area contributed by atoms with E-state index >= 15 is 0 Å². The lowest BCUT2D eigenvalue weighted by atomic mass is 10.2. The summed E-state index contributed by atoms with van der Waals surface area (Å²) in [4.78, 5) is 21.5. The molecule has 0 aromatic carbocycles. The van der Waals surface area contributed by atoms with Crippen LogP contribution in [0.1, 0.15) is 46.0 Å². The van der Waals surface area contributed by atoms with Gasteiger partial charge >= 0.3 is 11.9 Å². The van der Waals surface area contributed by atoms with Gasteiger partial charge in [0.2, 0.25) is 0 Å². The summed E-state index contributed by atoms with van der Waals surface area (Å²) in [7, 11) is 0. The second-order valence-electron chi connectivity index (χ2n) is 3.37. The maximum atomic E-state index is 11.1. The topological polar surface area (TPSA) is 52.6 Å². The van der Waals surface area contributed by atoms with Crippen molar-refractivity contribution in [1.29, 1.82) is 0 Å². The predicted octanol–water partition coefficient (Wildman–Crippen LogP) is 2.06. The Balaban J connectivity index is 3.22. The van der Waals surface area contributed by atoms with Crippen LogP contribution in [0.5, 0.6) is 0 Å². The fourth-order valence-electron chi connectivity index (χ4n) is 1.11. The maximum Gasteiger partial charge on any atom is 0.305 e. The monoisotopic (exact) mass is 216 g/mol. The molecule has 0 saturated carbocycles. The minimum Gasteiger partial charge on any atom is -0.462 e. The van der Waals surface area contributed by atoms with Gasteiger partial charge in [0.05, 0.1) is 0 Å². The van der Waals surface area contributed by atoms with Crippen molar-refractivity contribution in [2.75, 3.05) is 13.2 Å². The number of hydrogen-bond acceptors (Lipinski definition) is 4. The second kappa shape index (κ2) is 9.49. The summed E-state index contributed by atoms with van der Waals surface area (Å²) < 4.78 is 9.48. The number of ether oxygens (including phenoxy) is 2. The van der Waals surface area contributed by atoms with E-state index in [-0.39, 0.29) is 25.2 Å². The molecule has 0 aliphatic carbocycles. The molecule has 0 spiro atoms. The lowest BCUT2D eigenvalue weighted by molar-refractivity contribution is -0.151. The fraction of sp³-hybridized carbons (Fsp3) is 0.818. The van der Waals surface area contributed by atoms with Crippen molar-refractivity contribution in [2.24, 2.45) is 0 Å². The average Bonchev–Trinajstić information content (AvgIpc) is 2.19. The maximum absolute atomic E-state index is 11.1. The van der Waals surface area contributed by atoms with E-state index in [2.05, 4.69) is 11.7 Å². The van der Waals surface area contributed by atoms with Crippen molar-refractivity contribution in [1.82, 2.24) is 0 Å². The summed E-state index contributed by atoms with van der Waals surface area (Å²) in [6.07, 6.45) is 4.71. The van der Waals surface area contributed by atoms with Crippen molar-refractivity contribution < 1.29 is 19.1 Å². The van der Waals surface area contributed by atoms with E-state index in [1.165, 1.54) is 6.92 Å². The minimum atomic E-state index is -0.353. The normalized spacial score (nSPS) is 9.73. The Morgan fingerprint density at radius 1 is 1.00 bits per heavy atom. The highest BCUT2D eigenvalue weighted by Crippen LogP contribution is 2.03. The summed E-state index contributed by atoms with van der Waals surface area (Å²) in [5.41, 5.74) is 0. The summed E-state index contributed by atoms with van der Waals surface area (Å²) in [6.45, 7) is 3.76. The molecule has 0 aromatic rings. The fourth-order valence-corrected chi connectivity index (χ4v) is 1.11. The molecule has 0 aliphatic heterocycles. The summed E-state index contributed by atoms with van der Waals surface area (Å²) in [5.74, 6) is -0.563. The van der Waals surface area contributed by atoms with Gasteiger partial charge in [-0.15, -0.1) is 0 Å². The first-order valence-electron chi connectivity index (χ1n) is 5.45. The van der Waals surface area contributed by atoms with Crippen LogP contribution in [0.2, 0.25) is 0 Å². The van der Waals surface area contributed by atoms with Crippen LogP contribution in [0.15, 0.2) is 0 Å². The van der Waals surface area contributed by atoms with E-state index in [4.69, 9.17) is 4.74 Å². The standard InChI is InChI=1S/C11H20O4/c1-3-4-5-6-7-11(13)15-9-8-14-10(2)12/h3-9H2,1-2H3. The molecule has 0 bridgehead atoms. The van der Waals surface area contributed by atoms with E-state index in [0.29, 0.717) is 6.42 Å². The van der Waals surface area contributed by atoms with Crippen molar-refractivity contribution in [3.8, 4) is 0 Å². The number of rotatable bonds is 8. The third-order valence-electron chi connectivity index (χ3n) is 1.89. The van der Waals surface area contributed by atoms with Crippen molar-refractivity contribution in [3.05, 3.63) is 0 Å². The van der Waals surface area contributed by atoms with Gasteiger partial charge in [0.1, 0.15) is 13.2 Å². The van der Waals surface area contributed by atoms with Crippen molar-refractivity contribution in [2.45, 2.75) is 46.0 Å². The zero-order valence-electron chi connectivity index (χ0n) is 9.58. The van der Waals surface area contributed by atoms with Crippen LogP contribution < -0.4 is 0 Å². The highest BCUT2D eigenvalue weighted by molar-refractivity contribution is 5.69. The third kappa shape index (κ3) is 10.9. The largest absolute Gasteiger partial charge is 0.462 e. The Bertz CT molecular complexity index is 189. The van der Waals surface area contributed by atoms with Crippen LogP contribution in [0.4, 0.5) is 0 Å². The Labute approximate surface area is 90.9 Å². The molecular formula is C11H20O4. The molecule has 0 atom stereocenters. The number of unbranched alkanes of at least 4 members (excludes halogenated alkanes) is 3. The molecule has 0 unspecified atom stereocenters. The smallest absolute Gasteiger partial charge is 0.305 e. The van der Waals surface area contributed by atoms with E-state index < -0.39 is 0 Å². The van der Waals surface area contributed by atoms with Crippen LogP contribution in [0.25, 0.3) is 0 Å². The zero-order valence-corrected chi connectivity index (χ0v) is 9.58. The van der Waals surface area contributed by atoms with Gasteiger partial charge < -0.3 is 9.47 Å². The van der Waals surface area contributed by atoms with Crippen molar-refractivity contribution >= 4 is 11.9 Å². The third-order valence-corrected chi connectivity index (χ3v) is 1.89. The highest BCUT2D eigenvalue weighted by Gasteiger charge is 2.02. The van der Waals surface area contributed by atoms with E-state index in [0.717, 1.165) is 25.7 Å². The first-order chi connectivity index (χ1) is 7.16. The van der Waals surface area contributed by atoms with E-state index in [1.54, 1.807) is 0 Å². The molecule has 0 rings (SSSR count). The van der Waals surface area contributed by atoms with Gasteiger partial charge in [-0.25, -0.2) is 0 Å². The Morgan fingerprint density at radius 2 is 1.67 bits per heavy atom. The molecule has 0 N–H and O–H groups in total. The van der Waals surface area contributed by atoms with Gasteiger partial charge in [-0.3, -0.25) is 9.59 Å². The van der Waals surface area contributed by atoms with Gasteiger partial charge in [-0.2, -0.15) is 0 Å². The van der Waals surface area contributed by atoms with Gasteiger partial charge in [-0.05, 0) is 6.42 Å². The summed E-state index contributed by atoms with van der Waals surface area (Å²) in [6, 6.07) is 0. The van der Waals surface area contributed by atoms with Crippen LogP contribution in [-0.2, 0) is 19.1 Å². The van der Waals surface area contributed by atoms with Gasteiger partial charge in [0.25, 0.3) is 0 Å². The molecule has 0 saturated heterocycles. The first-order valence-corrected chi connectivity index (χ1v) is 5.45.